The molecule has 19 heavy (non-hydrogen) atoms. The fraction of sp³-hybridized carbons (Fsp3) is 0.500. The molecule has 0 aliphatic rings. The number of benzene rings is 1. The molecule has 1 aromatic carbocycles. The van der Waals surface area contributed by atoms with Crippen molar-refractivity contribution in [3.8, 4) is 0 Å². The van der Waals surface area contributed by atoms with Gasteiger partial charge in [-0.15, -0.1) is 0 Å². The van der Waals surface area contributed by atoms with E-state index in [1.54, 1.807) is 12.1 Å². The maximum atomic E-state index is 11.7. The van der Waals surface area contributed by atoms with Crippen LogP contribution in [0.5, 0.6) is 0 Å². The lowest BCUT2D eigenvalue weighted by Crippen LogP contribution is -2.36. The standard InChI is InChI=1S/C14H21ClN2O2/c1-10(2)7-16-14(19)8-17(3)12-5-4-11(9-18)13(15)6-12/h4-6,10,18H,7-9H2,1-3H3,(H,16,19). The highest BCUT2D eigenvalue weighted by Crippen LogP contribution is 2.22. The molecule has 106 valence electrons. The van der Waals surface area contributed by atoms with Crippen LogP contribution in [-0.4, -0.2) is 31.2 Å². The molecule has 0 bridgehead atoms. The summed E-state index contributed by atoms with van der Waals surface area (Å²) in [5, 5.41) is 12.4. The van der Waals surface area contributed by atoms with Crippen LogP contribution in [0, 0.1) is 5.92 Å². The molecule has 1 aromatic rings. The summed E-state index contributed by atoms with van der Waals surface area (Å²) in [6.45, 7) is 4.98. The molecule has 0 radical (unpaired) electrons. The van der Waals surface area contributed by atoms with Crippen LogP contribution in [0.15, 0.2) is 18.2 Å². The second-order valence-electron chi connectivity index (χ2n) is 4.99. The Morgan fingerprint density at radius 3 is 2.68 bits per heavy atom. The van der Waals surface area contributed by atoms with Crippen LogP contribution >= 0.6 is 11.6 Å². The van der Waals surface area contributed by atoms with Crippen molar-refractivity contribution in [2.24, 2.45) is 5.92 Å². The first-order valence-corrected chi connectivity index (χ1v) is 6.69. The van der Waals surface area contributed by atoms with E-state index in [9.17, 15) is 4.79 Å². The number of nitrogens with zero attached hydrogens (tertiary/aromatic N) is 1. The number of aliphatic hydroxyl groups excluding tert-OH is 1. The molecule has 0 saturated carbocycles. The molecule has 1 amide bonds. The molecule has 1 rings (SSSR count). The Labute approximate surface area is 119 Å². The quantitative estimate of drug-likeness (QED) is 0.840. The lowest BCUT2D eigenvalue weighted by Gasteiger charge is -2.20. The molecule has 0 aromatic heterocycles. The van der Waals surface area contributed by atoms with Crippen LogP contribution in [0.25, 0.3) is 0 Å². The van der Waals surface area contributed by atoms with Gasteiger partial charge < -0.3 is 15.3 Å². The third-order valence-corrected chi connectivity index (χ3v) is 3.09. The van der Waals surface area contributed by atoms with Gasteiger partial charge in [0.05, 0.1) is 13.2 Å². The largest absolute Gasteiger partial charge is 0.392 e. The highest BCUT2D eigenvalue weighted by molar-refractivity contribution is 6.31. The minimum atomic E-state index is -0.0856. The van der Waals surface area contributed by atoms with E-state index in [4.69, 9.17) is 16.7 Å². The van der Waals surface area contributed by atoms with Gasteiger partial charge in [0.25, 0.3) is 0 Å². The van der Waals surface area contributed by atoms with Crippen molar-refractivity contribution in [1.82, 2.24) is 5.32 Å². The van der Waals surface area contributed by atoms with E-state index in [1.807, 2.05) is 18.0 Å². The molecule has 0 fully saturated rings. The van der Waals surface area contributed by atoms with Gasteiger partial charge in [-0.3, -0.25) is 4.79 Å². The maximum absolute atomic E-state index is 11.7. The molecule has 2 N–H and O–H groups in total. The van der Waals surface area contributed by atoms with Gasteiger partial charge in [0, 0.05) is 24.3 Å². The summed E-state index contributed by atoms with van der Waals surface area (Å²) in [5.74, 6) is 0.422. The Kier molecular flexibility index (Phi) is 6.12. The maximum Gasteiger partial charge on any atom is 0.239 e. The Hall–Kier alpha value is -1.26. The number of anilines is 1. The summed E-state index contributed by atoms with van der Waals surface area (Å²) in [4.78, 5) is 13.5. The van der Waals surface area contributed by atoms with E-state index in [1.165, 1.54) is 0 Å². The number of halogens is 1. The molecule has 0 unspecified atom stereocenters. The van der Waals surface area contributed by atoms with Crippen molar-refractivity contribution in [3.63, 3.8) is 0 Å². The Morgan fingerprint density at radius 1 is 1.47 bits per heavy atom. The van der Waals surface area contributed by atoms with Crippen LogP contribution < -0.4 is 10.2 Å². The molecule has 0 aliphatic heterocycles. The Bertz CT molecular complexity index is 435. The summed E-state index contributed by atoms with van der Waals surface area (Å²) < 4.78 is 0. The highest BCUT2D eigenvalue weighted by Gasteiger charge is 2.09. The van der Waals surface area contributed by atoms with Crippen LogP contribution in [0.1, 0.15) is 19.4 Å². The first-order valence-electron chi connectivity index (χ1n) is 6.31. The van der Waals surface area contributed by atoms with Gasteiger partial charge in [0.1, 0.15) is 0 Å². The van der Waals surface area contributed by atoms with Gasteiger partial charge >= 0.3 is 0 Å². The van der Waals surface area contributed by atoms with E-state index in [0.717, 1.165) is 5.69 Å². The van der Waals surface area contributed by atoms with Crippen molar-refractivity contribution in [1.29, 1.82) is 0 Å². The lowest BCUT2D eigenvalue weighted by molar-refractivity contribution is -0.119. The van der Waals surface area contributed by atoms with Crippen molar-refractivity contribution in [3.05, 3.63) is 28.8 Å². The zero-order valence-corrected chi connectivity index (χ0v) is 12.4. The second kappa shape index (κ2) is 7.36. The van der Waals surface area contributed by atoms with Crippen molar-refractivity contribution < 1.29 is 9.90 Å². The van der Waals surface area contributed by atoms with Crippen molar-refractivity contribution in [2.75, 3.05) is 25.0 Å². The lowest BCUT2D eigenvalue weighted by atomic mass is 10.2. The normalized spacial score (nSPS) is 10.6. The molecular formula is C14H21ClN2O2. The fourth-order valence-corrected chi connectivity index (χ4v) is 1.82. The van der Waals surface area contributed by atoms with Crippen molar-refractivity contribution >= 4 is 23.2 Å². The van der Waals surface area contributed by atoms with Gasteiger partial charge in [0.15, 0.2) is 0 Å². The Morgan fingerprint density at radius 2 is 2.16 bits per heavy atom. The third kappa shape index (κ3) is 5.09. The predicted molar refractivity (Wildman–Crippen MR) is 78.5 cm³/mol. The van der Waals surface area contributed by atoms with Crippen LogP contribution in [0.3, 0.4) is 0 Å². The number of amides is 1. The molecule has 0 heterocycles. The number of likely N-dealkylation sites (N-methyl/N-ethyl adjacent to an activating group) is 1. The Balaban J connectivity index is 2.60. The molecule has 0 atom stereocenters. The highest BCUT2D eigenvalue weighted by atomic mass is 35.5. The number of carbonyl (C=O) groups is 1. The number of hydrogen-bond acceptors (Lipinski definition) is 3. The van der Waals surface area contributed by atoms with E-state index in [-0.39, 0.29) is 19.1 Å². The third-order valence-electron chi connectivity index (χ3n) is 2.74. The van der Waals surface area contributed by atoms with Gasteiger partial charge in [-0.25, -0.2) is 0 Å². The molecule has 0 saturated heterocycles. The van der Waals surface area contributed by atoms with Gasteiger partial charge in [-0.1, -0.05) is 31.5 Å². The van der Waals surface area contributed by atoms with Gasteiger partial charge in [-0.05, 0) is 23.6 Å². The summed E-state index contributed by atoms with van der Waals surface area (Å²) >= 11 is 6.03. The monoisotopic (exact) mass is 284 g/mol. The summed E-state index contributed by atoms with van der Waals surface area (Å²) in [6.07, 6.45) is 0. The molecule has 0 aliphatic carbocycles. The van der Waals surface area contributed by atoms with Crippen LogP contribution in [-0.2, 0) is 11.4 Å². The summed E-state index contributed by atoms with van der Waals surface area (Å²) in [6, 6.07) is 5.36. The number of carbonyl (C=O) groups excluding carboxylic acids is 1. The second-order valence-corrected chi connectivity index (χ2v) is 5.40. The predicted octanol–water partition coefficient (Wildman–Crippen LogP) is 2.04. The number of hydrogen-bond donors (Lipinski definition) is 2. The molecular weight excluding hydrogens is 264 g/mol. The first-order chi connectivity index (χ1) is 8.93. The SMILES string of the molecule is CC(C)CNC(=O)CN(C)c1ccc(CO)c(Cl)c1. The topological polar surface area (TPSA) is 52.6 Å². The number of rotatable bonds is 6. The molecule has 5 heteroatoms. The van der Waals surface area contributed by atoms with Crippen LogP contribution in [0.4, 0.5) is 5.69 Å². The van der Waals surface area contributed by atoms with Crippen molar-refractivity contribution in [2.45, 2.75) is 20.5 Å². The number of nitrogens with one attached hydrogen (secondary N) is 1. The van der Waals surface area contributed by atoms with E-state index < -0.39 is 0 Å². The molecule has 0 spiro atoms. The van der Waals surface area contributed by atoms with Gasteiger partial charge in [0.2, 0.25) is 5.91 Å². The summed E-state index contributed by atoms with van der Waals surface area (Å²) in [7, 11) is 1.83. The van der Waals surface area contributed by atoms with E-state index in [0.29, 0.717) is 23.0 Å². The average Bonchev–Trinajstić information content (AvgIpc) is 2.36. The van der Waals surface area contributed by atoms with E-state index >= 15 is 0 Å². The number of aliphatic hydroxyl groups is 1. The van der Waals surface area contributed by atoms with E-state index in [2.05, 4.69) is 19.2 Å². The first kappa shape index (κ1) is 15.8. The molecule has 4 nitrogen and oxygen atoms in total. The smallest absolute Gasteiger partial charge is 0.239 e. The van der Waals surface area contributed by atoms with Crippen LogP contribution in [0.2, 0.25) is 5.02 Å². The minimum absolute atomic E-state index is 0.0152. The van der Waals surface area contributed by atoms with Gasteiger partial charge in [-0.2, -0.15) is 0 Å². The average molecular weight is 285 g/mol. The minimum Gasteiger partial charge on any atom is -0.392 e. The fourth-order valence-electron chi connectivity index (χ4n) is 1.58. The zero-order chi connectivity index (χ0) is 14.4. The summed E-state index contributed by atoms with van der Waals surface area (Å²) in [5.41, 5.74) is 1.53. The zero-order valence-electron chi connectivity index (χ0n) is 11.6.